The Labute approximate surface area is 305 Å². The highest BCUT2D eigenvalue weighted by atomic mass is 35.5. The number of ether oxygens (including phenoxy) is 3. The van der Waals surface area contributed by atoms with Gasteiger partial charge in [-0.05, 0) is 54.5 Å². The molecule has 0 radical (unpaired) electrons. The zero-order valence-corrected chi connectivity index (χ0v) is 31.1. The molecule has 0 saturated heterocycles. The van der Waals surface area contributed by atoms with Crippen LogP contribution in [0.5, 0.6) is 5.75 Å². The van der Waals surface area contributed by atoms with Crippen LogP contribution in [0.15, 0.2) is 60.7 Å². The number of carbonyl (C=O) groups excluding carboxylic acids is 4. The lowest BCUT2D eigenvalue weighted by Gasteiger charge is -2.34. The van der Waals surface area contributed by atoms with Gasteiger partial charge >= 0.3 is 11.9 Å². The SMILES string of the molecule is CCC1(CC)CNC(=O)[C@@H](Cc2ccc(OC)c(Cl)c2)NC(=O)/C=C/C[C@@H]([C@H](C)[C@@H](O)[C@@H](Cl)c2ccccc2)OC(=O)[C@H](CC(C)C)OC1=O. The monoisotopic (exact) mass is 732 g/mol. The van der Waals surface area contributed by atoms with Crippen molar-refractivity contribution in [2.75, 3.05) is 13.7 Å². The molecule has 1 aliphatic heterocycles. The van der Waals surface area contributed by atoms with Gasteiger partial charge in [-0.3, -0.25) is 14.4 Å². The fourth-order valence-corrected chi connectivity index (χ4v) is 6.50. The van der Waals surface area contributed by atoms with Crippen molar-refractivity contribution < 1.29 is 38.5 Å². The Morgan fingerprint density at radius 3 is 2.30 bits per heavy atom. The number of esters is 2. The summed E-state index contributed by atoms with van der Waals surface area (Å²) in [6.45, 7) is 9.02. The molecular weight excluding hydrogens is 683 g/mol. The number of alkyl halides is 1. The van der Waals surface area contributed by atoms with Gasteiger partial charge in [0.05, 0.1) is 29.0 Å². The first kappa shape index (κ1) is 40.8. The third-order valence-electron chi connectivity index (χ3n) is 9.32. The van der Waals surface area contributed by atoms with Gasteiger partial charge in [-0.25, -0.2) is 4.79 Å². The summed E-state index contributed by atoms with van der Waals surface area (Å²) >= 11 is 13.0. The highest BCUT2D eigenvalue weighted by Gasteiger charge is 2.42. The minimum Gasteiger partial charge on any atom is -0.495 e. The third-order valence-corrected chi connectivity index (χ3v) is 10.1. The van der Waals surface area contributed by atoms with Crippen molar-refractivity contribution in [2.45, 2.75) is 96.5 Å². The Morgan fingerprint density at radius 1 is 1.02 bits per heavy atom. The lowest BCUT2D eigenvalue weighted by Crippen LogP contribution is -2.52. The van der Waals surface area contributed by atoms with Crippen LogP contribution in [0.1, 0.15) is 76.8 Å². The molecule has 0 fully saturated rings. The number of carbonyl (C=O) groups is 4. The molecule has 3 rings (SSSR count). The fraction of sp³-hybridized carbons (Fsp3) is 0.526. The highest BCUT2D eigenvalue weighted by Crippen LogP contribution is 2.33. The van der Waals surface area contributed by atoms with Crippen molar-refractivity contribution in [3.05, 3.63) is 76.8 Å². The van der Waals surface area contributed by atoms with E-state index in [4.69, 9.17) is 37.4 Å². The summed E-state index contributed by atoms with van der Waals surface area (Å²) in [6.07, 6.45) is 0.367. The standard InChI is InChI=1S/C38H50Cl2N2O8/c1-7-38(8-2)22-41-35(45)28(21-25-17-18-30(48-6)27(39)20-25)42-32(43)16-12-15-29(49-36(46)31(19-23(3)4)50-37(38)47)24(5)34(44)33(40)26-13-10-9-11-14-26/h9-14,16-18,20,23-24,28-29,31,33-34,44H,7-8,15,19,21-22H2,1-6H3,(H,41,45)(H,42,43)/b16-12+/t24-,28+,29-,31-,33-,34+/m0/s1. The average Bonchev–Trinajstić information content (AvgIpc) is 3.10. The van der Waals surface area contributed by atoms with E-state index < -0.39 is 64.8 Å². The Bertz CT molecular complexity index is 1480. The molecule has 2 aromatic carbocycles. The number of hydrogen-bond donors (Lipinski definition) is 3. The number of amides is 2. The molecule has 0 bridgehead atoms. The van der Waals surface area contributed by atoms with Gasteiger partial charge in [-0.15, -0.1) is 11.6 Å². The maximum absolute atomic E-state index is 13.9. The lowest BCUT2D eigenvalue weighted by molar-refractivity contribution is -0.181. The van der Waals surface area contributed by atoms with E-state index in [-0.39, 0.29) is 31.7 Å². The molecular formula is C38H50Cl2N2O8. The van der Waals surface area contributed by atoms with Crippen molar-refractivity contribution in [1.29, 1.82) is 0 Å². The van der Waals surface area contributed by atoms with Crippen molar-refractivity contribution >= 4 is 47.0 Å². The largest absolute Gasteiger partial charge is 0.495 e. The van der Waals surface area contributed by atoms with Crippen molar-refractivity contribution in [1.82, 2.24) is 10.6 Å². The smallest absolute Gasteiger partial charge is 0.347 e. The van der Waals surface area contributed by atoms with E-state index in [1.807, 2.05) is 45.9 Å². The molecule has 1 heterocycles. The second-order valence-corrected chi connectivity index (χ2v) is 14.1. The summed E-state index contributed by atoms with van der Waals surface area (Å²) in [4.78, 5) is 54.5. The van der Waals surface area contributed by atoms with E-state index in [1.165, 1.54) is 19.3 Å². The maximum atomic E-state index is 13.9. The second kappa shape index (κ2) is 19.1. The Hall–Kier alpha value is -3.60. The summed E-state index contributed by atoms with van der Waals surface area (Å²) in [5, 5.41) is 16.5. The summed E-state index contributed by atoms with van der Waals surface area (Å²) < 4.78 is 17.2. The zero-order chi connectivity index (χ0) is 37.0. The van der Waals surface area contributed by atoms with Gasteiger partial charge in [-0.2, -0.15) is 0 Å². The zero-order valence-electron chi connectivity index (χ0n) is 29.6. The first-order valence-electron chi connectivity index (χ1n) is 17.1. The van der Waals surface area contributed by atoms with Gasteiger partial charge in [-0.1, -0.05) is 88.7 Å². The van der Waals surface area contributed by atoms with Gasteiger partial charge in [0.2, 0.25) is 11.8 Å². The van der Waals surface area contributed by atoms with Crippen LogP contribution >= 0.6 is 23.2 Å². The average molecular weight is 734 g/mol. The van der Waals surface area contributed by atoms with E-state index in [2.05, 4.69) is 10.6 Å². The summed E-state index contributed by atoms with van der Waals surface area (Å²) in [5.74, 6) is -2.76. The number of methoxy groups -OCH3 is 1. The molecule has 0 unspecified atom stereocenters. The van der Waals surface area contributed by atoms with Crippen LogP contribution in [0.2, 0.25) is 5.02 Å². The van der Waals surface area contributed by atoms with Crippen LogP contribution in [-0.4, -0.2) is 66.9 Å². The number of nitrogens with one attached hydrogen (secondary N) is 2. The van der Waals surface area contributed by atoms with Crippen LogP contribution in [0.3, 0.4) is 0 Å². The van der Waals surface area contributed by atoms with Crippen molar-refractivity contribution in [3.8, 4) is 5.75 Å². The van der Waals surface area contributed by atoms with Crippen LogP contribution in [0, 0.1) is 17.3 Å². The lowest BCUT2D eigenvalue weighted by atomic mass is 9.82. The third kappa shape index (κ3) is 10.9. The molecule has 10 nitrogen and oxygen atoms in total. The van der Waals surface area contributed by atoms with Crippen LogP contribution in [0.4, 0.5) is 0 Å². The second-order valence-electron chi connectivity index (χ2n) is 13.2. The number of cyclic esters (lactones) is 2. The quantitative estimate of drug-likeness (QED) is 0.186. The number of benzene rings is 2. The molecule has 1 aliphatic rings. The van der Waals surface area contributed by atoms with Gasteiger partial charge in [0.25, 0.3) is 0 Å². The van der Waals surface area contributed by atoms with Crippen LogP contribution in [-0.2, 0) is 35.1 Å². The van der Waals surface area contributed by atoms with E-state index >= 15 is 0 Å². The molecule has 2 aromatic rings. The summed E-state index contributed by atoms with van der Waals surface area (Å²) in [5.41, 5.74) is 0.198. The number of halogens is 2. The van der Waals surface area contributed by atoms with Crippen LogP contribution in [0.25, 0.3) is 0 Å². The molecule has 3 N–H and O–H groups in total. The van der Waals surface area contributed by atoms with Gasteiger partial charge in [0.15, 0.2) is 6.10 Å². The predicted molar refractivity (Wildman–Crippen MR) is 193 cm³/mol. The number of hydrogen-bond acceptors (Lipinski definition) is 8. The molecule has 0 aromatic heterocycles. The summed E-state index contributed by atoms with van der Waals surface area (Å²) in [7, 11) is 1.50. The molecule has 50 heavy (non-hydrogen) atoms. The first-order valence-corrected chi connectivity index (χ1v) is 17.9. The van der Waals surface area contributed by atoms with Crippen molar-refractivity contribution in [2.24, 2.45) is 17.3 Å². The molecule has 274 valence electrons. The molecule has 0 saturated carbocycles. The first-order chi connectivity index (χ1) is 23.7. The number of rotatable bonds is 11. The van der Waals surface area contributed by atoms with E-state index in [1.54, 1.807) is 37.3 Å². The topological polar surface area (TPSA) is 140 Å². The van der Waals surface area contributed by atoms with Crippen molar-refractivity contribution in [3.63, 3.8) is 0 Å². The number of aliphatic hydroxyl groups is 1. The molecule has 0 spiro atoms. The fourth-order valence-electron chi connectivity index (χ4n) is 5.84. The van der Waals surface area contributed by atoms with E-state index in [0.717, 1.165) is 0 Å². The normalized spacial score (nSPS) is 23.1. The minimum absolute atomic E-state index is 0.0247. The van der Waals surface area contributed by atoms with Gasteiger partial charge in [0.1, 0.15) is 17.9 Å². The van der Waals surface area contributed by atoms with Crippen LogP contribution < -0.4 is 15.4 Å². The highest BCUT2D eigenvalue weighted by molar-refractivity contribution is 6.32. The molecule has 6 atom stereocenters. The predicted octanol–water partition coefficient (Wildman–Crippen LogP) is 6.11. The Morgan fingerprint density at radius 2 is 1.70 bits per heavy atom. The number of aliphatic hydroxyl groups excluding tert-OH is 1. The summed E-state index contributed by atoms with van der Waals surface area (Å²) in [6, 6.07) is 13.1. The Kier molecular flexibility index (Phi) is 15.6. The van der Waals surface area contributed by atoms with Gasteiger partial charge < -0.3 is 30.0 Å². The van der Waals surface area contributed by atoms with Gasteiger partial charge in [0, 0.05) is 25.3 Å². The van der Waals surface area contributed by atoms with E-state index in [0.29, 0.717) is 34.7 Å². The molecule has 12 heteroatoms. The molecule has 0 aliphatic carbocycles. The Balaban J connectivity index is 2.01. The molecule has 2 amide bonds. The minimum atomic E-state index is -1.24. The maximum Gasteiger partial charge on any atom is 0.347 e. The van der Waals surface area contributed by atoms with E-state index in [9.17, 15) is 24.3 Å².